The summed E-state index contributed by atoms with van der Waals surface area (Å²) in [5, 5.41) is 0. The molecule has 1 heterocycles. The summed E-state index contributed by atoms with van der Waals surface area (Å²) in [7, 11) is 0. The van der Waals surface area contributed by atoms with Gasteiger partial charge in [0.1, 0.15) is 5.82 Å². The van der Waals surface area contributed by atoms with E-state index in [4.69, 9.17) is 0 Å². The Balaban J connectivity index is 1.77. The van der Waals surface area contributed by atoms with Crippen LogP contribution in [-0.4, -0.2) is 34.5 Å². The largest absolute Gasteiger partial charge is 0.342 e. The highest BCUT2D eigenvalue weighted by molar-refractivity contribution is 5.74. The minimum atomic E-state index is 0.927. The van der Waals surface area contributed by atoms with Crippen molar-refractivity contribution in [3.63, 3.8) is 0 Å². The average Bonchev–Trinajstić information content (AvgIpc) is 2.86. The number of fused-ring (bicyclic) bond motifs is 1. The van der Waals surface area contributed by atoms with Crippen LogP contribution < -0.4 is 0 Å². The summed E-state index contributed by atoms with van der Waals surface area (Å²) in [4.78, 5) is 10.3. The number of aromatic amines is 1. The van der Waals surface area contributed by atoms with Crippen LogP contribution >= 0.6 is 0 Å². The van der Waals surface area contributed by atoms with Crippen molar-refractivity contribution in [2.24, 2.45) is 0 Å². The first-order valence-electron chi connectivity index (χ1n) is 7.21. The van der Waals surface area contributed by atoms with Gasteiger partial charge in [-0.25, -0.2) is 4.98 Å². The van der Waals surface area contributed by atoms with Gasteiger partial charge in [-0.15, -0.1) is 13.2 Å². The predicted octanol–water partition coefficient (Wildman–Crippen LogP) is 3.56. The van der Waals surface area contributed by atoms with Gasteiger partial charge in [-0.2, -0.15) is 0 Å². The second kappa shape index (κ2) is 7.65. The molecule has 1 aromatic carbocycles. The molecule has 0 saturated heterocycles. The fourth-order valence-electron chi connectivity index (χ4n) is 2.37. The summed E-state index contributed by atoms with van der Waals surface area (Å²) in [5.74, 6) is 1.09. The van der Waals surface area contributed by atoms with Crippen LogP contribution in [0.1, 0.15) is 18.7 Å². The maximum atomic E-state index is 4.60. The standard InChI is InChI=1S/C17H23N3/c1-3-12-20(13-4-2)14-8-7-11-17-18-15-9-5-6-10-16(15)19-17/h3-6,9-10H,1-2,7-8,11-14H2,(H,18,19). The number of rotatable bonds is 9. The van der Waals surface area contributed by atoms with E-state index in [1.807, 2.05) is 30.4 Å². The number of unbranched alkanes of at least 4 members (excludes halogenated alkanes) is 1. The molecule has 2 rings (SSSR count). The second-order valence-electron chi connectivity index (χ2n) is 4.99. The van der Waals surface area contributed by atoms with Gasteiger partial charge in [-0.05, 0) is 31.5 Å². The van der Waals surface area contributed by atoms with Gasteiger partial charge < -0.3 is 4.98 Å². The summed E-state index contributed by atoms with van der Waals surface area (Å²) < 4.78 is 0. The van der Waals surface area contributed by atoms with Crippen molar-refractivity contribution in [1.29, 1.82) is 0 Å². The number of para-hydroxylation sites is 2. The van der Waals surface area contributed by atoms with Crippen molar-refractivity contribution < 1.29 is 0 Å². The third-order valence-electron chi connectivity index (χ3n) is 3.35. The van der Waals surface area contributed by atoms with E-state index in [0.29, 0.717) is 0 Å². The number of hydrogen-bond acceptors (Lipinski definition) is 2. The SMILES string of the molecule is C=CCN(CC=C)CCCCc1nc2ccccc2[nH]1. The van der Waals surface area contributed by atoms with Crippen molar-refractivity contribution in [2.45, 2.75) is 19.3 Å². The minimum absolute atomic E-state index is 0.927. The fraction of sp³-hybridized carbons (Fsp3) is 0.353. The van der Waals surface area contributed by atoms with Crippen molar-refractivity contribution in [1.82, 2.24) is 14.9 Å². The molecule has 0 amide bonds. The maximum Gasteiger partial charge on any atom is 0.107 e. The third kappa shape index (κ3) is 4.07. The first kappa shape index (κ1) is 14.5. The number of benzene rings is 1. The van der Waals surface area contributed by atoms with Crippen molar-refractivity contribution >= 4 is 11.0 Å². The molecule has 1 aromatic heterocycles. The van der Waals surface area contributed by atoms with E-state index >= 15 is 0 Å². The quantitative estimate of drug-likeness (QED) is 0.557. The van der Waals surface area contributed by atoms with Crippen LogP contribution in [0.25, 0.3) is 11.0 Å². The summed E-state index contributed by atoms with van der Waals surface area (Å²) in [6.07, 6.45) is 7.21. The monoisotopic (exact) mass is 269 g/mol. The van der Waals surface area contributed by atoms with E-state index < -0.39 is 0 Å². The van der Waals surface area contributed by atoms with E-state index in [-0.39, 0.29) is 0 Å². The average molecular weight is 269 g/mol. The molecule has 0 aliphatic rings. The van der Waals surface area contributed by atoms with Crippen LogP contribution in [0.4, 0.5) is 0 Å². The molecular formula is C17H23N3. The molecule has 3 heteroatoms. The Labute approximate surface area is 121 Å². The topological polar surface area (TPSA) is 31.9 Å². The number of aromatic nitrogens is 2. The molecule has 0 fully saturated rings. The van der Waals surface area contributed by atoms with Crippen LogP contribution in [0.15, 0.2) is 49.6 Å². The molecular weight excluding hydrogens is 246 g/mol. The first-order chi connectivity index (χ1) is 9.83. The zero-order valence-electron chi connectivity index (χ0n) is 12.0. The van der Waals surface area contributed by atoms with Crippen LogP contribution in [0, 0.1) is 0 Å². The fourth-order valence-corrected chi connectivity index (χ4v) is 2.37. The minimum Gasteiger partial charge on any atom is -0.342 e. The van der Waals surface area contributed by atoms with E-state index in [2.05, 4.69) is 34.1 Å². The van der Waals surface area contributed by atoms with Crippen molar-refractivity contribution in [3.8, 4) is 0 Å². The number of hydrogen-bond donors (Lipinski definition) is 1. The zero-order chi connectivity index (χ0) is 14.2. The summed E-state index contributed by atoms with van der Waals surface area (Å²) in [6, 6.07) is 8.18. The molecule has 1 N–H and O–H groups in total. The number of imidazole rings is 1. The van der Waals surface area contributed by atoms with Crippen LogP contribution in [0.2, 0.25) is 0 Å². The molecule has 0 bridgehead atoms. The molecule has 0 unspecified atom stereocenters. The van der Waals surface area contributed by atoms with Gasteiger partial charge in [0.2, 0.25) is 0 Å². The lowest BCUT2D eigenvalue weighted by molar-refractivity contribution is 0.326. The van der Waals surface area contributed by atoms with Crippen LogP contribution in [0.5, 0.6) is 0 Å². The summed E-state index contributed by atoms with van der Waals surface area (Å²) in [5.41, 5.74) is 2.19. The van der Waals surface area contributed by atoms with Crippen LogP contribution in [-0.2, 0) is 6.42 Å². The number of H-pyrrole nitrogens is 1. The van der Waals surface area contributed by atoms with Gasteiger partial charge in [0.25, 0.3) is 0 Å². The normalized spacial score (nSPS) is 11.1. The maximum absolute atomic E-state index is 4.60. The van der Waals surface area contributed by atoms with Gasteiger partial charge in [0.05, 0.1) is 11.0 Å². The highest BCUT2D eigenvalue weighted by Crippen LogP contribution is 2.12. The highest BCUT2D eigenvalue weighted by atomic mass is 15.1. The number of nitrogens with zero attached hydrogens (tertiary/aromatic N) is 2. The lowest BCUT2D eigenvalue weighted by atomic mass is 10.2. The predicted molar refractivity (Wildman–Crippen MR) is 85.9 cm³/mol. The molecule has 0 saturated carbocycles. The molecule has 3 nitrogen and oxygen atoms in total. The molecule has 0 aliphatic heterocycles. The lowest BCUT2D eigenvalue weighted by Gasteiger charge is -2.18. The molecule has 0 atom stereocenters. The second-order valence-corrected chi connectivity index (χ2v) is 4.99. The molecule has 106 valence electrons. The Hall–Kier alpha value is -1.87. The lowest BCUT2D eigenvalue weighted by Crippen LogP contribution is -2.25. The zero-order valence-corrected chi connectivity index (χ0v) is 12.0. The highest BCUT2D eigenvalue weighted by Gasteiger charge is 2.03. The van der Waals surface area contributed by atoms with Gasteiger partial charge in [0.15, 0.2) is 0 Å². The Bertz CT molecular complexity index is 513. The Morgan fingerprint density at radius 1 is 1.10 bits per heavy atom. The van der Waals surface area contributed by atoms with Gasteiger partial charge in [-0.3, -0.25) is 4.90 Å². The number of nitrogens with one attached hydrogen (secondary N) is 1. The van der Waals surface area contributed by atoms with Gasteiger partial charge in [0, 0.05) is 19.5 Å². The van der Waals surface area contributed by atoms with E-state index in [0.717, 1.165) is 49.3 Å². The van der Waals surface area contributed by atoms with Gasteiger partial charge >= 0.3 is 0 Å². The van der Waals surface area contributed by atoms with E-state index in [1.54, 1.807) is 0 Å². The first-order valence-corrected chi connectivity index (χ1v) is 7.21. The molecule has 0 spiro atoms. The third-order valence-corrected chi connectivity index (χ3v) is 3.35. The molecule has 20 heavy (non-hydrogen) atoms. The van der Waals surface area contributed by atoms with E-state index in [9.17, 15) is 0 Å². The molecule has 2 aromatic rings. The summed E-state index contributed by atoms with van der Waals surface area (Å²) in [6.45, 7) is 10.5. The van der Waals surface area contributed by atoms with Crippen molar-refractivity contribution in [2.75, 3.05) is 19.6 Å². The van der Waals surface area contributed by atoms with Gasteiger partial charge in [-0.1, -0.05) is 24.3 Å². The van der Waals surface area contributed by atoms with Crippen LogP contribution in [0.3, 0.4) is 0 Å². The van der Waals surface area contributed by atoms with E-state index in [1.165, 1.54) is 6.42 Å². The van der Waals surface area contributed by atoms with Crippen molar-refractivity contribution in [3.05, 3.63) is 55.4 Å². The Kier molecular flexibility index (Phi) is 5.56. The Morgan fingerprint density at radius 2 is 1.85 bits per heavy atom. The molecule has 0 radical (unpaired) electrons. The molecule has 0 aliphatic carbocycles. The smallest absolute Gasteiger partial charge is 0.107 e. The Morgan fingerprint density at radius 3 is 2.55 bits per heavy atom. The number of aryl methyl sites for hydroxylation is 1. The summed E-state index contributed by atoms with van der Waals surface area (Å²) >= 11 is 0.